The first kappa shape index (κ1) is 16.0. The molecule has 0 aromatic heterocycles. The van der Waals surface area contributed by atoms with E-state index in [0.717, 1.165) is 15.8 Å². The number of carbonyl (C=O) groups is 1. The fourth-order valence-electron chi connectivity index (χ4n) is 2.46. The number of hydrogen-bond acceptors (Lipinski definition) is 3. The van der Waals surface area contributed by atoms with Crippen molar-refractivity contribution in [2.24, 2.45) is 0 Å². The standard InChI is InChI=1S/C16H20BrNO3/c1-11-9-18(10-12(2)21-11)16(19)7-4-13-8-14(17)5-6-15(13)20-3/h4-8,11-12H,9-10H2,1-3H3/b7-4+. The lowest BCUT2D eigenvalue weighted by Gasteiger charge is -2.34. The minimum atomic E-state index is -0.000899. The summed E-state index contributed by atoms with van der Waals surface area (Å²) in [6, 6.07) is 5.70. The number of hydrogen-bond donors (Lipinski definition) is 0. The van der Waals surface area contributed by atoms with Crippen molar-refractivity contribution in [2.45, 2.75) is 26.1 Å². The SMILES string of the molecule is COc1ccc(Br)cc1/C=C/C(=O)N1CC(C)OC(C)C1. The molecule has 0 bridgehead atoms. The van der Waals surface area contributed by atoms with Crippen LogP contribution in [0.15, 0.2) is 28.7 Å². The Balaban J connectivity index is 2.10. The molecule has 2 atom stereocenters. The van der Waals surface area contributed by atoms with Crippen molar-refractivity contribution in [3.8, 4) is 5.75 Å². The number of ether oxygens (including phenoxy) is 2. The van der Waals surface area contributed by atoms with E-state index in [4.69, 9.17) is 9.47 Å². The van der Waals surface area contributed by atoms with Crippen molar-refractivity contribution in [3.05, 3.63) is 34.3 Å². The van der Waals surface area contributed by atoms with Crippen molar-refractivity contribution in [3.63, 3.8) is 0 Å². The Kier molecular flexibility index (Phi) is 5.42. The first-order valence-electron chi connectivity index (χ1n) is 6.95. The summed E-state index contributed by atoms with van der Waals surface area (Å²) in [5, 5.41) is 0. The lowest BCUT2D eigenvalue weighted by atomic mass is 10.1. The van der Waals surface area contributed by atoms with Crippen LogP contribution in [0, 0.1) is 0 Å². The van der Waals surface area contributed by atoms with Gasteiger partial charge < -0.3 is 14.4 Å². The van der Waals surface area contributed by atoms with Gasteiger partial charge in [0.15, 0.2) is 0 Å². The number of halogens is 1. The Morgan fingerprint density at radius 2 is 2.05 bits per heavy atom. The second-order valence-corrected chi connectivity index (χ2v) is 6.14. The first-order valence-corrected chi connectivity index (χ1v) is 7.75. The van der Waals surface area contributed by atoms with Crippen LogP contribution in [0.25, 0.3) is 6.08 Å². The summed E-state index contributed by atoms with van der Waals surface area (Å²) >= 11 is 3.42. The highest BCUT2D eigenvalue weighted by Gasteiger charge is 2.24. The highest BCUT2D eigenvalue weighted by Crippen LogP contribution is 2.24. The summed E-state index contributed by atoms with van der Waals surface area (Å²) in [5.41, 5.74) is 0.870. The summed E-state index contributed by atoms with van der Waals surface area (Å²) in [4.78, 5) is 14.1. The van der Waals surface area contributed by atoms with Crippen molar-refractivity contribution >= 4 is 27.9 Å². The zero-order valence-electron chi connectivity index (χ0n) is 12.5. The maximum atomic E-state index is 12.3. The molecule has 0 aliphatic carbocycles. The quantitative estimate of drug-likeness (QED) is 0.783. The van der Waals surface area contributed by atoms with Gasteiger partial charge >= 0.3 is 0 Å². The van der Waals surface area contributed by atoms with Crippen LogP contribution in [0.3, 0.4) is 0 Å². The fourth-order valence-corrected chi connectivity index (χ4v) is 2.84. The average molecular weight is 354 g/mol. The molecule has 4 nitrogen and oxygen atoms in total. The number of methoxy groups -OCH3 is 1. The summed E-state index contributed by atoms with van der Waals surface area (Å²) in [7, 11) is 1.62. The van der Waals surface area contributed by atoms with E-state index in [1.165, 1.54) is 0 Å². The maximum Gasteiger partial charge on any atom is 0.246 e. The summed E-state index contributed by atoms with van der Waals surface area (Å²) in [6.07, 6.45) is 3.53. The normalized spacial score (nSPS) is 22.6. The van der Waals surface area contributed by atoms with Crippen molar-refractivity contribution in [1.82, 2.24) is 4.90 Å². The molecule has 0 radical (unpaired) electrons. The first-order chi connectivity index (χ1) is 9.99. The van der Waals surface area contributed by atoms with Crippen molar-refractivity contribution < 1.29 is 14.3 Å². The monoisotopic (exact) mass is 353 g/mol. The third kappa shape index (κ3) is 4.32. The van der Waals surface area contributed by atoms with E-state index < -0.39 is 0 Å². The minimum Gasteiger partial charge on any atom is -0.496 e. The third-order valence-corrected chi connectivity index (χ3v) is 3.82. The highest BCUT2D eigenvalue weighted by atomic mass is 79.9. The van der Waals surface area contributed by atoms with Crippen LogP contribution in [0.4, 0.5) is 0 Å². The van der Waals surface area contributed by atoms with E-state index in [0.29, 0.717) is 13.1 Å². The van der Waals surface area contributed by atoms with Gasteiger partial charge in [0.1, 0.15) is 5.75 Å². The molecule has 1 aliphatic heterocycles. The molecule has 1 saturated heterocycles. The molecule has 1 aromatic carbocycles. The van der Waals surface area contributed by atoms with E-state index in [9.17, 15) is 4.79 Å². The van der Waals surface area contributed by atoms with E-state index in [-0.39, 0.29) is 18.1 Å². The van der Waals surface area contributed by atoms with Gasteiger partial charge in [0.25, 0.3) is 0 Å². The molecular weight excluding hydrogens is 334 g/mol. The van der Waals surface area contributed by atoms with Gasteiger partial charge in [0.2, 0.25) is 5.91 Å². The van der Waals surface area contributed by atoms with Gasteiger partial charge in [0, 0.05) is 29.2 Å². The molecule has 21 heavy (non-hydrogen) atoms. The molecule has 2 unspecified atom stereocenters. The zero-order chi connectivity index (χ0) is 15.4. The Morgan fingerprint density at radius 1 is 1.38 bits per heavy atom. The van der Waals surface area contributed by atoms with Crippen molar-refractivity contribution in [1.29, 1.82) is 0 Å². The molecule has 2 rings (SSSR count). The van der Waals surface area contributed by atoms with Crippen LogP contribution < -0.4 is 4.74 Å². The number of morpholine rings is 1. The molecule has 5 heteroatoms. The Labute approximate surface area is 133 Å². The lowest BCUT2D eigenvalue weighted by Crippen LogP contribution is -2.47. The van der Waals surface area contributed by atoms with Crippen LogP contribution in [0.2, 0.25) is 0 Å². The van der Waals surface area contributed by atoms with Gasteiger partial charge in [-0.05, 0) is 38.1 Å². The second-order valence-electron chi connectivity index (χ2n) is 5.22. The largest absolute Gasteiger partial charge is 0.496 e. The number of carbonyl (C=O) groups excluding carboxylic acids is 1. The lowest BCUT2D eigenvalue weighted by molar-refractivity contribution is -0.137. The van der Waals surface area contributed by atoms with E-state index in [2.05, 4.69) is 15.9 Å². The number of nitrogens with zero attached hydrogens (tertiary/aromatic N) is 1. The Bertz CT molecular complexity index is 534. The summed E-state index contributed by atoms with van der Waals surface area (Å²) < 4.78 is 11.9. The van der Waals surface area contributed by atoms with Gasteiger partial charge in [-0.3, -0.25) is 4.79 Å². The second kappa shape index (κ2) is 7.09. The Hall–Kier alpha value is -1.33. The van der Waals surface area contributed by atoms with E-state index >= 15 is 0 Å². The minimum absolute atomic E-state index is 0.000899. The Morgan fingerprint density at radius 3 is 2.67 bits per heavy atom. The van der Waals surface area contributed by atoms with E-state index in [1.54, 1.807) is 19.3 Å². The molecule has 114 valence electrons. The topological polar surface area (TPSA) is 38.8 Å². The van der Waals surface area contributed by atoms with Crippen LogP contribution >= 0.6 is 15.9 Å². The molecular formula is C16H20BrNO3. The molecule has 1 fully saturated rings. The van der Waals surface area contributed by atoms with Crippen LogP contribution in [0.5, 0.6) is 5.75 Å². The van der Waals surface area contributed by atoms with Gasteiger partial charge in [-0.15, -0.1) is 0 Å². The van der Waals surface area contributed by atoms with Crippen LogP contribution in [-0.4, -0.2) is 43.2 Å². The molecule has 0 saturated carbocycles. The number of amides is 1. The molecule has 1 aliphatic rings. The molecule has 1 aromatic rings. The van der Waals surface area contributed by atoms with Gasteiger partial charge in [0.05, 0.1) is 19.3 Å². The predicted molar refractivity (Wildman–Crippen MR) is 86.3 cm³/mol. The molecule has 1 heterocycles. The fraction of sp³-hybridized carbons (Fsp3) is 0.438. The predicted octanol–water partition coefficient (Wildman–Crippen LogP) is 3.11. The van der Waals surface area contributed by atoms with Crippen molar-refractivity contribution in [2.75, 3.05) is 20.2 Å². The average Bonchev–Trinajstić information content (AvgIpc) is 2.43. The molecule has 1 amide bonds. The third-order valence-electron chi connectivity index (χ3n) is 3.33. The van der Waals surface area contributed by atoms with E-state index in [1.807, 2.05) is 36.9 Å². The van der Waals surface area contributed by atoms with Gasteiger partial charge in [-0.25, -0.2) is 0 Å². The molecule has 0 N–H and O–H groups in total. The smallest absolute Gasteiger partial charge is 0.246 e. The molecule has 0 spiro atoms. The van der Waals surface area contributed by atoms with Gasteiger partial charge in [-0.1, -0.05) is 15.9 Å². The highest BCUT2D eigenvalue weighted by molar-refractivity contribution is 9.10. The summed E-state index contributed by atoms with van der Waals surface area (Å²) in [6.45, 7) is 5.22. The van der Waals surface area contributed by atoms with Crippen LogP contribution in [-0.2, 0) is 9.53 Å². The maximum absolute atomic E-state index is 12.3. The van der Waals surface area contributed by atoms with Gasteiger partial charge in [-0.2, -0.15) is 0 Å². The number of benzene rings is 1. The van der Waals surface area contributed by atoms with Crippen LogP contribution in [0.1, 0.15) is 19.4 Å². The number of rotatable bonds is 3. The zero-order valence-corrected chi connectivity index (χ0v) is 14.1. The summed E-state index contributed by atoms with van der Waals surface area (Å²) in [5.74, 6) is 0.741.